The van der Waals surface area contributed by atoms with Crippen LogP contribution in [0.5, 0.6) is 0 Å². The minimum absolute atomic E-state index is 0.315. The van der Waals surface area contributed by atoms with Crippen molar-refractivity contribution in [2.75, 3.05) is 0 Å². The molecule has 1 saturated carbocycles. The van der Waals surface area contributed by atoms with E-state index < -0.39 is 0 Å². The summed E-state index contributed by atoms with van der Waals surface area (Å²) in [4.78, 5) is 8.49. The monoisotopic (exact) mass is 357 g/mol. The average Bonchev–Trinajstić information content (AvgIpc) is 2.94. The Kier molecular flexibility index (Phi) is 5.71. The van der Waals surface area contributed by atoms with Gasteiger partial charge in [0.15, 0.2) is 0 Å². The van der Waals surface area contributed by atoms with Crippen molar-refractivity contribution in [3.8, 4) is 0 Å². The molecule has 1 aromatic carbocycles. The van der Waals surface area contributed by atoms with Gasteiger partial charge in [0.25, 0.3) is 0 Å². The normalized spacial score (nSPS) is 19.2. The van der Waals surface area contributed by atoms with Crippen LogP contribution >= 0.6 is 11.6 Å². The van der Waals surface area contributed by atoms with Crippen LogP contribution in [0.25, 0.3) is 11.0 Å². The molecule has 0 amide bonds. The molecule has 0 radical (unpaired) electrons. The lowest BCUT2D eigenvalue weighted by molar-refractivity contribution is -0.0348. The molecule has 0 aliphatic heterocycles. The molecule has 132 valence electrons. The molecule has 0 saturated heterocycles. The van der Waals surface area contributed by atoms with Crippen molar-refractivity contribution in [1.29, 1.82) is 0 Å². The van der Waals surface area contributed by atoms with Gasteiger partial charge in [-0.3, -0.25) is 0 Å². The minimum atomic E-state index is 0.315. The minimum Gasteiger partial charge on any atom is -0.373 e. The summed E-state index contributed by atoms with van der Waals surface area (Å²) in [6.45, 7) is 6.73. The van der Waals surface area contributed by atoms with E-state index in [1.54, 1.807) is 0 Å². The van der Waals surface area contributed by atoms with Gasteiger partial charge in [0.1, 0.15) is 17.1 Å². The molecule has 3 aromatic rings. The summed E-state index contributed by atoms with van der Waals surface area (Å²) in [6.07, 6.45) is 6.00. The summed E-state index contributed by atoms with van der Waals surface area (Å²) in [5.74, 6) is 0. The Labute approximate surface area is 153 Å². The molecule has 0 atom stereocenters. The van der Waals surface area contributed by atoms with Gasteiger partial charge in [-0.15, -0.1) is 0 Å². The number of nitrogens with zero attached hydrogens (tertiary/aromatic N) is 3. The first-order valence-corrected chi connectivity index (χ1v) is 9.23. The SMILES string of the molecule is CC.Cc1cn(C2CC(OCc3ccccc3)C2)c2ncnc(Cl)c12. The van der Waals surface area contributed by atoms with Gasteiger partial charge in [0.2, 0.25) is 0 Å². The first-order chi connectivity index (χ1) is 12.2. The van der Waals surface area contributed by atoms with Gasteiger partial charge in [-0.05, 0) is 30.9 Å². The van der Waals surface area contributed by atoms with Crippen LogP contribution < -0.4 is 0 Å². The van der Waals surface area contributed by atoms with Crippen molar-refractivity contribution >= 4 is 22.6 Å². The largest absolute Gasteiger partial charge is 0.373 e. The second-order valence-corrected chi connectivity index (χ2v) is 6.48. The molecule has 1 aliphatic carbocycles. The van der Waals surface area contributed by atoms with Crippen LogP contribution in [0.4, 0.5) is 0 Å². The number of fused-ring (bicyclic) bond motifs is 1. The fourth-order valence-corrected chi connectivity index (χ4v) is 3.47. The summed E-state index contributed by atoms with van der Waals surface area (Å²) < 4.78 is 8.21. The van der Waals surface area contributed by atoms with Crippen LogP contribution in [0.15, 0.2) is 42.9 Å². The Morgan fingerprint density at radius 3 is 2.60 bits per heavy atom. The van der Waals surface area contributed by atoms with Crippen molar-refractivity contribution in [3.05, 3.63) is 59.1 Å². The maximum atomic E-state index is 6.20. The first-order valence-electron chi connectivity index (χ1n) is 8.85. The van der Waals surface area contributed by atoms with Gasteiger partial charge in [0, 0.05) is 12.2 Å². The number of benzene rings is 1. The second-order valence-electron chi connectivity index (χ2n) is 6.13. The number of hydrogen-bond acceptors (Lipinski definition) is 3. The predicted octanol–water partition coefficient (Wildman–Crippen LogP) is 5.34. The van der Waals surface area contributed by atoms with E-state index in [1.807, 2.05) is 32.0 Å². The Bertz CT molecular complexity index is 826. The molecule has 5 heteroatoms. The maximum Gasteiger partial charge on any atom is 0.145 e. The van der Waals surface area contributed by atoms with Gasteiger partial charge in [-0.2, -0.15) is 0 Å². The predicted molar refractivity (Wildman–Crippen MR) is 102 cm³/mol. The number of rotatable bonds is 4. The highest BCUT2D eigenvalue weighted by Crippen LogP contribution is 2.38. The molecule has 0 N–H and O–H groups in total. The van der Waals surface area contributed by atoms with Crippen molar-refractivity contribution in [1.82, 2.24) is 14.5 Å². The zero-order chi connectivity index (χ0) is 17.8. The summed E-state index contributed by atoms with van der Waals surface area (Å²) in [5, 5.41) is 1.49. The smallest absolute Gasteiger partial charge is 0.145 e. The van der Waals surface area contributed by atoms with E-state index in [-0.39, 0.29) is 0 Å². The van der Waals surface area contributed by atoms with Gasteiger partial charge < -0.3 is 9.30 Å². The topological polar surface area (TPSA) is 39.9 Å². The van der Waals surface area contributed by atoms with Crippen LogP contribution in [0, 0.1) is 6.92 Å². The van der Waals surface area contributed by atoms with Crippen LogP contribution in [-0.4, -0.2) is 20.6 Å². The van der Waals surface area contributed by atoms with Crippen molar-refractivity contribution < 1.29 is 4.74 Å². The summed E-state index contributed by atoms with van der Waals surface area (Å²) >= 11 is 6.20. The molecule has 1 aliphatic rings. The molecule has 1 fully saturated rings. The third-order valence-electron chi connectivity index (χ3n) is 4.54. The van der Waals surface area contributed by atoms with E-state index >= 15 is 0 Å². The van der Waals surface area contributed by atoms with Crippen LogP contribution in [-0.2, 0) is 11.3 Å². The molecular weight excluding hydrogens is 334 g/mol. The summed E-state index contributed by atoms with van der Waals surface area (Å²) in [6, 6.07) is 10.7. The third kappa shape index (κ3) is 3.70. The number of ether oxygens (including phenoxy) is 1. The van der Waals surface area contributed by atoms with Gasteiger partial charge >= 0.3 is 0 Å². The highest BCUT2D eigenvalue weighted by Gasteiger charge is 2.32. The molecule has 2 heterocycles. The van der Waals surface area contributed by atoms with Crippen molar-refractivity contribution in [3.63, 3.8) is 0 Å². The van der Waals surface area contributed by atoms with Crippen molar-refractivity contribution in [2.45, 2.75) is 52.4 Å². The van der Waals surface area contributed by atoms with E-state index in [1.165, 1.54) is 11.9 Å². The van der Waals surface area contributed by atoms with E-state index in [2.05, 4.69) is 39.8 Å². The number of hydrogen-bond donors (Lipinski definition) is 0. The number of aromatic nitrogens is 3. The molecule has 0 spiro atoms. The molecule has 2 aromatic heterocycles. The molecular formula is C20H24ClN3O. The van der Waals surface area contributed by atoms with Crippen LogP contribution in [0.3, 0.4) is 0 Å². The van der Waals surface area contributed by atoms with E-state index in [4.69, 9.17) is 16.3 Å². The van der Waals surface area contributed by atoms with Gasteiger partial charge in [-0.25, -0.2) is 9.97 Å². The molecule has 25 heavy (non-hydrogen) atoms. The number of halogens is 1. The van der Waals surface area contributed by atoms with E-state index in [0.29, 0.717) is 23.9 Å². The van der Waals surface area contributed by atoms with E-state index in [9.17, 15) is 0 Å². The quantitative estimate of drug-likeness (QED) is 0.592. The summed E-state index contributed by atoms with van der Waals surface area (Å²) in [7, 11) is 0. The fourth-order valence-electron chi connectivity index (χ4n) is 3.19. The Morgan fingerprint density at radius 1 is 1.16 bits per heavy atom. The Hall–Kier alpha value is -1.91. The first kappa shape index (κ1) is 17.9. The third-order valence-corrected chi connectivity index (χ3v) is 4.83. The van der Waals surface area contributed by atoms with Gasteiger partial charge in [0.05, 0.1) is 18.1 Å². The molecule has 0 bridgehead atoms. The Morgan fingerprint density at radius 2 is 1.88 bits per heavy atom. The molecule has 4 nitrogen and oxygen atoms in total. The van der Waals surface area contributed by atoms with Crippen LogP contribution in [0.2, 0.25) is 5.15 Å². The van der Waals surface area contributed by atoms with Crippen LogP contribution in [0.1, 0.15) is 43.9 Å². The lowest BCUT2D eigenvalue weighted by Gasteiger charge is -2.36. The summed E-state index contributed by atoms with van der Waals surface area (Å²) in [5.41, 5.74) is 3.27. The average molecular weight is 358 g/mol. The zero-order valence-corrected chi connectivity index (χ0v) is 15.7. The molecule has 0 unspecified atom stereocenters. The fraction of sp³-hybridized carbons (Fsp3) is 0.400. The van der Waals surface area contributed by atoms with E-state index in [0.717, 1.165) is 29.4 Å². The van der Waals surface area contributed by atoms with Gasteiger partial charge in [-0.1, -0.05) is 55.8 Å². The highest BCUT2D eigenvalue weighted by atomic mass is 35.5. The maximum absolute atomic E-state index is 6.20. The number of aryl methyl sites for hydroxylation is 1. The second kappa shape index (κ2) is 7.98. The van der Waals surface area contributed by atoms with Crippen molar-refractivity contribution in [2.24, 2.45) is 0 Å². The highest BCUT2D eigenvalue weighted by molar-refractivity contribution is 6.34. The zero-order valence-electron chi connectivity index (χ0n) is 14.9. The Balaban J connectivity index is 0.000000880. The lowest BCUT2D eigenvalue weighted by atomic mass is 9.89. The standard InChI is InChI=1S/C18H18ClN3O.C2H6/c1-12-9-22(18-16(12)17(19)20-11-21-18)14-7-15(8-14)23-10-13-5-3-2-4-6-13;1-2/h2-6,9,11,14-15H,7-8,10H2,1H3;1-2H3. The lowest BCUT2D eigenvalue weighted by Crippen LogP contribution is -2.33. The molecule has 4 rings (SSSR count).